The van der Waals surface area contributed by atoms with Gasteiger partial charge in [-0.3, -0.25) is 0 Å². The molecule has 2 rings (SSSR count). The Balaban J connectivity index is 1.91. The number of sulfonamides is 1. The van der Waals surface area contributed by atoms with Crippen LogP contribution >= 0.6 is 0 Å². The molecule has 0 amide bonds. The molecular formula is C7H14N6O2S. The van der Waals surface area contributed by atoms with E-state index in [1.165, 1.54) is 0 Å². The van der Waals surface area contributed by atoms with E-state index >= 15 is 0 Å². The molecular weight excluding hydrogens is 232 g/mol. The molecule has 0 bridgehead atoms. The normalized spacial score (nSPS) is 18.8. The third-order valence-electron chi connectivity index (χ3n) is 2.55. The van der Waals surface area contributed by atoms with Crippen LogP contribution in [-0.4, -0.2) is 47.4 Å². The number of nitrogens with one attached hydrogen (secondary N) is 3. The maximum absolute atomic E-state index is 11.9. The number of hydrogen-bond acceptors (Lipinski definition) is 6. The number of piperidine rings is 1. The SMILES string of the molecule is O=S(=O)(NCc1nn[nH]n1)C1CCNCC1. The van der Waals surface area contributed by atoms with Gasteiger partial charge in [-0.25, -0.2) is 13.1 Å². The third kappa shape index (κ3) is 2.74. The van der Waals surface area contributed by atoms with E-state index < -0.39 is 10.0 Å². The zero-order chi connectivity index (χ0) is 11.4. The van der Waals surface area contributed by atoms with Crippen molar-refractivity contribution in [2.45, 2.75) is 24.6 Å². The monoisotopic (exact) mass is 246 g/mol. The van der Waals surface area contributed by atoms with E-state index in [1.807, 2.05) is 0 Å². The molecule has 90 valence electrons. The molecule has 0 aromatic carbocycles. The second kappa shape index (κ2) is 4.85. The molecule has 0 spiro atoms. The van der Waals surface area contributed by atoms with Crippen LogP contribution in [0.3, 0.4) is 0 Å². The molecule has 1 aliphatic heterocycles. The third-order valence-corrected chi connectivity index (χ3v) is 4.44. The Bertz CT molecular complexity index is 410. The molecule has 0 atom stereocenters. The lowest BCUT2D eigenvalue weighted by Crippen LogP contribution is -2.41. The van der Waals surface area contributed by atoms with Crippen LogP contribution in [0.1, 0.15) is 18.7 Å². The summed E-state index contributed by atoms with van der Waals surface area (Å²) in [5.74, 6) is 0.345. The first-order chi connectivity index (χ1) is 7.68. The summed E-state index contributed by atoms with van der Waals surface area (Å²) in [7, 11) is -3.27. The van der Waals surface area contributed by atoms with Gasteiger partial charge in [0.2, 0.25) is 10.0 Å². The minimum atomic E-state index is -3.27. The maximum Gasteiger partial charge on any atom is 0.214 e. The second-order valence-corrected chi connectivity index (χ2v) is 5.69. The molecule has 3 N–H and O–H groups in total. The first kappa shape index (κ1) is 11.4. The van der Waals surface area contributed by atoms with E-state index in [0.29, 0.717) is 18.7 Å². The van der Waals surface area contributed by atoms with E-state index in [0.717, 1.165) is 13.1 Å². The predicted octanol–water partition coefficient (Wildman–Crippen LogP) is -1.63. The van der Waals surface area contributed by atoms with E-state index in [2.05, 4.69) is 30.7 Å². The average molecular weight is 246 g/mol. The Morgan fingerprint density at radius 3 is 2.75 bits per heavy atom. The summed E-state index contributed by atoms with van der Waals surface area (Å²) in [6.45, 7) is 1.57. The zero-order valence-electron chi connectivity index (χ0n) is 8.68. The van der Waals surface area contributed by atoms with Gasteiger partial charge in [0.15, 0.2) is 5.82 Å². The highest BCUT2D eigenvalue weighted by atomic mass is 32.2. The van der Waals surface area contributed by atoms with Crippen LogP contribution in [0.15, 0.2) is 0 Å². The van der Waals surface area contributed by atoms with Crippen molar-refractivity contribution in [1.82, 2.24) is 30.7 Å². The smallest absolute Gasteiger partial charge is 0.214 e. The summed E-state index contributed by atoms with van der Waals surface area (Å²) in [6.07, 6.45) is 1.28. The predicted molar refractivity (Wildman–Crippen MR) is 55.8 cm³/mol. The average Bonchev–Trinajstić information content (AvgIpc) is 2.81. The molecule has 0 aliphatic carbocycles. The van der Waals surface area contributed by atoms with Gasteiger partial charge in [0.1, 0.15) is 0 Å². The van der Waals surface area contributed by atoms with Crippen molar-refractivity contribution in [3.05, 3.63) is 5.82 Å². The highest BCUT2D eigenvalue weighted by Gasteiger charge is 2.26. The van der Waals surface area contributed by atoms with Gasteiger partial charge in [0.05, 0.1) is 11.8 Å². The van der Waals surface area contributed by atoms with Crippen LogP contribution in [0, 0.1) is 0 Å². The Kier molecular flexibility index (Phi) is 3.46. The maximum atomic E-state index is 11.9. The Morgan fingerprint density at radius 2 is 2.12 bits per heavy atom. The number of rotatable bonds is 4. The molecule has 9 heteroatoms. The molecule has 0 radical (unpaired) electrons. The number of aromatic nitrogens is 4. The Labute approximate surface area is 93.2 Å². The number of aromatic amines is 1. The van der Waals surface area contributed by atoms with Crippen molar-refractivity contribution in [3.8, 4) is 0 Å². The summed E-state index contributed by atoms with van der Waals surface area (Å²) in [5.41, 5.74) is 0. The number of H-pyrrole nitrogens is 1. The highest BCUT2D eigenvalue weighted by Crippen LogP contribution is 2.11. The second-order valence-electron chi connectivity index (χ2n) is 3.64. The quantitative estimate of drug-likeness (QED) is 0.588. The first-order valence-corrected chi connectivity index (χ1v) is 6.64. The van der Waals surface area contributed by atoms with Gasteiger partial charge in [-0.05, 0) is 25.9 Å². The van der Waals surface area contributed by atoms with Gasteiger partial charge < -0.3 is 5.32 Å². The Hall–Kier alpha value is -1.06. The van der Waals surface area contributed by atoms with E-state index in [-0.39, 0.29) is 11.8 Å². The molecule has 1 aromatic heterocycles. The van der Waals surface area contributed by atoms with Gasteiger partial charge in [0.25, 0.3) is 0 Å². The minimum absolute atomic E-state index is 0.0861. The fourth-order valence-corrected chi connectivity index (χ4v) is 3.07. The van der Waals surface area contributed by atoms with Gasteiger partial charge in [-0.15, -0.1) is 10.2 Å². The van der Waals surface area contributed by atoms with Crippen molar-refractivity contribution in [1.29, 1.82) is 0 Å². The van der Waals surface area contributed by atoms with E-state index in [1.54, 1.807) is 0 Å². The molecule has 2 heterocycles. The largest absolute Gasteiger partial charge is 0.317 e. The lowest BCUT2D eigenvalue weighted by Gasteiger charge is -2.22. The molecule has 0 saturated carbocycles. The van der Waals surface area contributed by atoms with Crippen LogP contribution in [-0.2, 0) is 16.6 Å². The molecule has 16 heavy (non-hydrogen) atoms. The van der Waals surface area contributed by atoms with Crippen molar-refractivity contribution < 1.29 is 8.42 Å². The fourth-order valence-electron chi connectivity index (χ4n) is 1.65. The standard InChI is InChI=1S/C7H14N6O2S/c14-16(15,6-1-3-8-4-2-6)9-5-7-10-12-13-11-7/h6,8-9H,1-5H2,(H,10,11,12,13). The van der Waals surface area contributed by atoms with Gasteiger partial charge in [0, 0.05) is 0 Å². The summed E-state index contributed by atoms with van der Waals surface area (Å²) in [4.78, 5) is 0. The van der Waals surface area contributed by atoms with Crippen LogP contribution in [0.4, 0.5) is 0 Å². The van der Waals surface area contributed by atoms with Gasteiger partial charge in [-0.1, -0.05) is 5.21 Å². The van der Waals surface area contributed by atoms with Crippen LogP contribution in [0.5, 0.6) is 0 Å². The topological polar surface area (TPSA) is 113 Å². The number of nitrogens with zero attached hydrogens (tertiary/aromatic N) is 3. The molecule has 8 nitrogen and oxygen atoms in total. The minimum Gasteiger partial charge on any atom is -0.317 e. The van der Waals surface area contributed by atoms with Crippen LogP contribution in [0.25, 0.3) is 0 Å². The van der Waals surface area contributed by atoms with Gasteiger partial charge >= 0.3 is 0 Å². The first-order valence-electron chi connectivity index (χ1n) is 5.10. The van der Waals surface area contributed by atoms with Crippen LogP contribution in [0.2, 0.25) is 0 Å². The molecule has 1 fully saturated rings. The lowest BCUT2D eigenvalue weighted by molar-refractivity contribution is 0.489. The van der Waals surface area contributed by atoms with Crippen LogP contribution < -0.4 is 10.0 Å². The van der Waals surface area contributed by atoms with Crippen molar-refractivity contribution in [3.63, 3.8) is 0 Å². The molecule has 1 aliphatic rings. The lowest BCUT2D eigenvalue weighted by atomic mass is 10.2. The van der Waals surface area contributed by atoms with Crippen molar-refractivity contribution in [2.24, 2.45) is 0 Å². The fraction of sp³-hybridized carbons (Fsp3) is 0.857. The molecule has 1 saturated heterocycles. The Morgan fingerprint density at radius 1 is 1.38 bits per heavy atom. The summed E-state index contributed by atoms with van der Waals surface area (Å²) in [6, 6.07) is 0. The van der Waals surface area contributed by atoms with E-state index in [4.69, 9.17) is 0 Å². The summed E-state index contributed by atoms with van der Waals surface area (Å²) >= 11 is 0. The molecule has 1 aromatic rings. The molecule has 0 unspecified atom stereocenters. The van der Waals surface area contributed by atoms with Crippen molar-refractivity contribution >= 4 is 10.0 Å². The number of tetrazole rings is 1. The van der Waals surface area contributed by atoms with Crippen molar-refractivity contribution in [2.75, 3.05) is 13.1 Å². The summed E-state index contributed by atoms with van der Waals surface area (Å²) in [5, 5.41) is 15.8. The highest BCUT2D eigenvalue weighted by molar-refractivity contribution is 7.90. The zero-order valence-corrected chi connectivity index (χ0v) is 9.50. The van der Waals surface area contributed by atoms with E-state index in [9.17, 15) is 8.42 Å². The summed E-state index contributed by atoms with van der Waals surface area (Å²) < 4.78 is 26.2. The number of hydrogen-bond donors (Lipinski definition) is 3. The van der Waals surface area contributed by atoms with Gasteiger partial charge in [-0.2, -0.15) is 5.21 Å².